The number of carboxylic acids is 1. The highest BCUT2D eigenvalue weighted by atomic mass is 35.5. The van der Waals surface area contributed by atoms with Gasteiger partial charge in [-0.05, 0) is 35.2 Å². The molecule has 0 radical (unpaired) electrons. The Morgan fingerprint density at radius 2 is 1.68 bits per heavy atom. The molecule has 7 heteroatoms. The number of anilines is 1. The van der Waals surface area contributed by atoms with E-state index >= 15 is 0 Å². The van der Waals surface area contributed by atoms with E-state index in [1.165, 1.54) is 16.2 Å². The Balaban J connectivity index is 1.62. The second-order valence-corrected chi connectivity index (χ2v) is 9.23. The van der Waals surface area contributed by atoms with Crippen LogP contribution < -0.4 is 4.90 Å². The first-order valence-corrected chi connectivity index (χ1v) is 12.0. The molecule has 1 aromatic heterocycles. The molecule has 4 rings (SSSR count). The van der Waals surface area contributed by atoms with Crippen molar-refractivity contribution in [1.29, 1.82) is 0 Å². The molecule has 1 heterocycles. The van der Waals surface area contributed by atoms with Gasteiger partial charge in [0.15, 0.2) is 5.13 Å². The van der Waals surface area contributed by atoms with Crippen molar-refractivity contribution in [3.05, 3.63) is 94.8 Å². The zero-order chi connectivity index (χ0) is 24.1. The molecule has 0 aliphatic rings. The van der Waals surface area contributed by atoms with Crippen molar-refractivity contribution in [2.75, 3.05) is 11.9 Å². The van der Waals surface area contributed by atoms with Gasteiger partial charge in [0, 0.05) is 23.0 Å². The van der Waals surface area contributed by atoms with Crippen LogP contribution in [0.25, 0.3) is 22.4 Å². The molecule has 4 aromatic rings. The number of halogens is 1. The van der Waals surface area contributed by atoms with Crippen LogP contribution in [-0.2, 0) is 16.0 Å². The van der Waals surface area contributed by atoms with E-state index in [1.54, 1.807) is 7.05 Å². The maximum Gasteiger partial charge on any atom is 0.304 e. The standard InChI is InChI=1S/C27H23ClN2O3S/c1-30(26(33)20(15-25(31)32)14-18-8-4-2-5-9-18)27-29-24(17-34-27)23-16-21(28)12-13-22(23)19-10-6-3-7-11-19/h2-13,16-17,20H,14-15H2,1H3,(H,31,32). The second kappa shape index (κ2) is 10.6. The molecule has 0 bridgehead atoms. The molecule has 0 aliphatic heterocycles. The molecule has 1 N–H and O–H groups in total. The van der Waals surface area contributed by atoms with E-state index in [0.717, 1.165) is 22.3 Å². The van der Waals surface area contributed by atoms with E-state index in [4.69, 9.17) is 16.6 Å². The van der Waals surface area contributed by atoms with Crippen LogP contribution in [-0.4, -0.2) is 29.0 Å². The number of hydrogen-bond donors (Lipinski definition) is 1. The van der Waals surface area contributed by atoms with Crippen molar-refractivity contribution in [3.63, 3.8) is 0 Å². The number of aliphatic carboxylic acids is 1. The van der Waals surface area contributed by atoms with E-state index in [2.05, 4.69) is 0 Å². The lowest BCUT2D eigenvalue weighted by atomic mass is 9.95. The number of carbonyl (C=O) groups is 2. The Kier molecular flexibility index (Phi) is 7.40. The molecule has 0 saturated carbocycles. The third kappa shape index (κ3) is 5.53. The van der Waals surface area contributed by atoms with Crippen molar-refractivity contribution in [2.24, 2.45) is 5.92 Å². The summed E-state index contributed by atoms with van der Waals surface area (Å²) in [4.78, 5) is 30.9. The van der Waals surface area contributed by atoms with E-state index in [0.29, 0.717) is 22.3 Å². The Hall–Kier alpha value is -3.48. The van der Waals surface area contributed by atoms with Gasteiger partial charge in [0.25, 0.3) is 0 Å². The van der Waals surface area contributed by atoms with Crippen LogP contribution in [0.15, 0.2) is 84.2 Å². The average Bonchev–Trinajstić information content (AvgIpc) is 3.34. The van der Waals surface area contributed by atoms with E-state index < -0.39 is 11.9 Å². The third-order valence-corrected chi connectivity index (χ3v) is 6.70. The van der Waals surface area contributed by atoms with Gasteiger partial charge in [-0.2, -0.15) is 0 Å². The highest BCUT2D eigenvalue weighted by Gasteiger charge is 2.27. The normalized spacial score (nSPS) is 11.7. The molecule has 3 aromatic carbocycles. The molecule has 0 aliphatic carbocycles. The van der Waals surface area contributed by atoms with E-state index in [-0.39, 0.29) is 12.3 Å². The van der Waals surface area contributed by atoms with Crippen molar-refractivity contribution >= 4 is 39.9 Å². The highest BCUT2D eigenvalue weighted by Crippen LogP contribution is 2.36. The van der Waals surface area contributed by atoms with Crippen LogP contribution in [0, 0.1) is 5.92 Å². The minimum Gasteiger partial charge on any atom is -0.481 e. The van der Waals surface area contributed by atoms with Gasteiger partial charge in [-0.15, -0.1) is 11.3 Å². The fourth-order valence-corrected chi connectivity index (χ4v) is 4.83. The molecule has 0 fully saturated rings. The van der Waals surface area contributed by atoms with Crippen molar-refractivity contribution in [1.82, 2.24) is 4.98 Å². The van der Waals surface area contributed by atoms with Gasteiger partial charge >= 0.3 is 5.97 Å². The lowest BCUT2D eigenvalue weighted by molar-refractivity contribution is -0.140. The third-order valence-electron chi connectivity index (χ3n) is 5.55. The summed E-state index contributed by atoms with van der Waals surface area (Å²) in [5.74, 6) is -1.97. The number of thiazole rings is 1. The summed E-state index contributed by atoms with van der Waals surface area (Å²) >= 11 is 7.63. The second-order valence-electron chi connectivity index (χ2n) is 7.95. The Bertz CT molecular complexity index is 1290. The zero-order valence-corrected chi connectivity index (χ0v) is 20.1. The van der Waals surface area contributed by atoms with E-state index in [1.807, 2.05) is 84.2 Å². The Morgan fingerprint density at radius 1 is 1.00 bits per heavy atom. The summed E-state index contributed by atoms with van der Waals surface area (Å²) in [6, 6.07) is 25.1. The van der Waals surface area contributed by atoms with Crippen LogP contribution in [0.4, 0.5) is 5.13 Å². The number of amides is 1. The average molecular weight is 491 g/mol. The fourth-order valence-electron chi connectivity index (χ4n) is 3.86. The maximum absolute atomic E-state index is 13.3. The van der Waals surface area contributed by atoms with Gasteiger partial charge in [-0.25, -0.2) is 4.98 Å². The van der Waals surface area contributed by atoms with Crippen molar-refractivity contribution in [2.45, 2.75) is 12.8 Å². The number of aromatic nitrogens is 1. The number of nitrogens with zero attached hydrogens (tertiary/aromatic N) is 2. The minimum atomic E-state index is -1.01. The predicted octanol–water partition coefficient (Wildman–Crippen LogP) is 6.43. The largest absolute Gasteiger partial charge is 0.481 e. The van der Waals surface area contributed by atoms with Gasteiger partial charge in [-0.1, -0.05) is 78.3 Å². The van der Waals surface area contributed by atoms with Gasteiger partial charge in [0.2, 0.25) is 5.91 Å². The first-order chi connectivity index (χ1) is 16.4. The number of hydrogen-bond acceptors (Lipinski definition) is 4. The topological polar surface area (TPSA) is 70.5 Å². The summed E-state index contributed by atoms with van der Waals surface area (Å²) in [6.07, 6.45) is 0.101. The van der Waals surface area contributed by atoms with Gasteiger partial charge < -0.3 is 5.11 Å². The monoisotopic (exact) mass is 490 g/mol. The van der Waals surface area contributed by atoms with Gasteiger partial charge in [-0.3, -0.25) is 14.5 Å². The van der Waals surface area contributed by atoms with Crippen LogP contribution in [0.1, 0.15) is 12.0 Å². The fraction of sp³-hybridized carbons (Fsp3) is 0.148. The highest BCUT2D eigenvalue weighted by molar-refractivity contribution is 7.14. The quantitative estimate of drug-likeness (QED) is 0.309. The number of carboxylic acid groups (broad SMARTS) is 1. The molecule has 0 spiro atoms. The first-order valence-electron chi connectivity index (χ1n) is 10.8. The van der Waals surface area contributed by atoms with Gasteiger partial charge in [0.1, 0.15) is 0 Å². The van der Waals surface area contributed by atoms with E-state index in [9.17, 15) is 14.7 Å². The van der Waals surface area contributed by atoms with Crippen LogP contribution in [0.5, 0.6) is 0 Å². The molecule has 0 saturated heterocycles. The first kappa shape index (κ1) is 23.7. The van der Waals surface area contributed by atoms with Gasteiger partial charge in [0.05, 0.1) is 18.0 Å². The number of benzene rings is 3. The SMILES string of the molecule is CN(C(=O)C(CC(=O)O)Cc1ccccc1)c1nc(-c2cc(Cl)ccc2-c2ccccc2)cs1. The van der Waals surface area contributed by atoms with Crippen LogP contribution in [0.3, 0.4) is 0 Å². The number of carbonyl (C=O) groups excluding carboxylic acids is 1. The summed E-state index contributed by atoms with van der Waals surface area (Å²) in [5, 5.41) is 12.4. The maximum atomic E-state index is 13.3. The summed E-state index contributed by atoms with van der Waals surface area (Å²) < 4.78 is 0. The molecule has 1 atom stereocenters. The van der Waals surface area contributed by atoms with Crippen molar-refractivity contribution in [3.8, 4) is 22.4 Å². The number of rotatable bonds is 8. The van der Waals surface area contributed by atoms with Crippen LogP contribution in [0.2, 0.25) is 5.02 Å². The minimum absolute atomic E-state index is 0.247. The Morgan fingerprint density at radius 3 is 2.35 bits per heavy atom. The smallest absolute Gasteiger partial charge is 0.304 e. The summed E-state index contributed by atoms with van der Waals surface area (Å²) in [6.45, 7) is 0. The lowest BCUT2D eigenvalue weighted by Crippen LogP contribution is -2.35. The molecule has 34 heavy (non-hydrogen) atoms. The van der Waals surface area contributed by atoms with Crippen molar-refractivity contribution < 1.29 is 14.7 Å². The molecule has 1 unspecified atom stereocenters. The molecule has 172 valence electrons. The summed E-state index contributed by atoms with van der Waals surface area (Å²) in [7, 11) is 1.64. The predicted molar refractivity (Wildman–Crippen MR) is 137 cm³/mol. The zero-order valence-electron chi connectivity index (χ0n) is 18.5. The molecule has 1 amide bonds. The summed E-state index contributed by atoms with van der Waals surface area (Å²) in [5.41, 5.74) is 4.52. The molecular weight excluding hydrogens is 468 g/mol. The van der Waals surface area contributed by atoms with Crippen LogP contribution >= 0.6 is 22.9 Å². The Labute approximate surface area is 207 Å². The molecule has 5 nitrogen and oxygen atoms in total. The molecular formula is C27H23ClN2O3S. The lowest BCUT2D eigenvalue weighted by Gasteiger charge is -2.21.